The number of hydrogen-bond donors (Lipinski definition) is 1. The minimum Gasteiger partial charge on any atom is -0.461 e. The van der Waals surface area contributed by atoms with Crippen LogP contribution >= 0.6 is 11.8 Å². The molecule has 31 heavy (non-hydrogen) atoms. The number of thioether (sulfide) groups is 1. The van der Waals surface area contributed by atoms with Crippen molar-refractivity contribution >= 4 is 23.5 Å². The maximum atomic E-state index is 13.0. The van der Waals surface area contributed by atoms with E-state index in [-0.39, 0.29) is 18.1 Å². The largest absolute Gasteiger partial charge is 0.461 e. The summed E-state index contributed by atoms with van der Waals surface area (Å²) in [5, 5.41) is 9.46. The maximum absolute atomic E-state index is 13.0. The van der Waals surface area contributed by atoms with Gasteiger partial charge in [0.15, 0.2) is 16.8 Å². The molecular weight excluding hydrogens is 412 g/mol. The van der Waals surface area contributed by atoms with Crippen molar-refractivity contribution in [2.45, 2.75) is 52.7 Å². The second-order valence-corrected chi connectivity index (χ2v) is 8.33. The summed E-state index contributed by atoms with van der Waals surface area (Å²) in [6, 6.07) is 8.15. The molecule has 0 aliphatic carbocycles. The van der Waals surface area contributed by atoms with Gasteiger partial charge < -0.3 is 14.3 Å². The van der Waals surface area contributed by atoms with Crippen molar-refractivity contribution in [3.05, 3.63) is 52.3 Å². The van der Waals surface area contributed by atoms with Crippen molar-refractivity contribution in [2.75, 3.05) is 12.4 Å². The summed E-state index contributed by atoms with van der Waals surface area (Å²) in [5.74, 6) is 0.506. The lowest BCUT2D eigenvalue weighted by Gasteiger charge is -2.09. The van der Waals surface area contributed by atoms with Gasteiger partial charge in [0.1, 0.15) is 5.69 Å². The number of H-pyrrole nitrogens is 1. The number of carbonyl (C=O) groups is 2. The van der Waals surface area contributed by atoms with E-state index in [1.165, 1.54) is 11.8 Å². The van der Waals surface area contributed by atoms with E-state index in [4.69, 9.17) is 4.74 Å². The standard InChI is InChI=1S/C23H28N4O3S/c1-6-11-27-21(17-10-8-9-14(3)12-17)25-26-23(27)31-13-18(28)19-15(4)20(24-16(19)5)22(29)30-7-2/h8-10,12,24H,6-7,11,13H2,1-5H3. The van der Waals surface area contributed by atoms with E-state index in [1.54, 1.807) is 20.8 Å². The van der Waals surface area contributed by atoms with Crippen LogP contribution in [0, 0.1) is 20.8 Å². The van der Waals surface area contributed by atoms with E-state index >= 15 is 0 Å². The number of ketones is 1. The first-order valence-electron chi connectivity index (χ1n) is 10.4. The molecule has 0 fully saturated rings. The summed E-state index contributed by atoms with van der Waals surface area (Å²) in [6.07, 6.45) is 0.928. The number of Topliss-reactive ketones (excluding diaryl/α,β-unsaturated/α-hetero) is 1. The number of nitrogens with zero attached hydrogens (tertiary/aromatic N) is 3. The Morgan fingerprint density at radius 3 is 2.61 bits per heavy atom. The van der Waals surface area contributed by atoms with E-state index in [9.17, 15) is 9.59 Å². The summed E-state index contributed by atoms with van der Waals surface area (Å²) >= 11 is 1.36. The van der Waals surface area contributed by atoms with E-state index in [1.807, 2.05) is 25.1 Å². The van der Waals surface area contributed by atoms with Crippen LogP contribution in [0.5, 0.6) is 0 Å². The van der Waals surface area contributed by atoms with Gasteiger partial charge in [0.05, 0.1) is 12.4 Å². The van der Waals surface area contributed by atoms with Gasteiger partial charge in [-0.2, -0.15) is 0 Å². The zero-order valence-corrected chi connectivity index (χ0v) is 19.4. The molecule has 1 N–H and O–H groups in total. The molecule has 0 radical (unpaired) electrons. The van der Waals surface area contributed by atoms with E-state index < -0.39 is 5.97 Å². The van der Waals surface area contributed by atoms with Crippen molar-refractivity contribution in [1.82, 2.24) is 19.7 Å². The quantitative estimate of drug-likeness (QED) is 0.293. The van der Waals surface area contributed by atoms with Crippen LogP contribution < -0.4 is 0 Å². The van der Waals surface area contributed by atoms with Crippen molar-refractivity contribution in [2.24, 2.45) is 0 Å². The lowest BCUT2D eigenvalue weighted by Crippen LogP contribution is -2.09. The first-order valence-corrected chi connectivity index (χ1v) is 11.4. The molecule has 0 saturated carbocycles. The predicted octanol–water partition coefficient (Wildman–Crippen LogP) is 4.76. The Bertz CT molecular complexity index is 1100. The van der Waals surface area contributed by atoms with Crippen molar-refractivity contribution in [3.8, 4) is 11.4 Å². The molecule has 3 aromatic rings. The number of aromatic amines is 1. The lowest BCUT2D eigenvalue weighted by atomic mass is 10.1. The van der Waals surface area contributed by atoms with Gasteiger partial charge in [-0.25, -0.2) is 4.79 Å². The Kier molecular flexibility index (Phi) is 7.33. The van der Waals surface area contributed by atoms with Crippen molar-refractivity contribution in [3.63, 3.8) is 0 Å². The Balaban J connectivity index is 1.82. The zero-order valence-electron chi connectivity index (χ0n) is 18.6. The first kappa shape index (κ1) is 22.8. The highest BCUT2D eigenvalue weighted by Gasteiger charge is 2.23. The number of carbonyl (C=O) groups excluding carboxylic acids is 2. The van der Waals surface area contributed by atoms with Gasteiger partial charge >= 0.3 is 5.97 Å². The normalized spacial score (nSPS) is 11.0. The van der Waals surface area contributed by atoms with E-state index in [2.05, 4.69) is 32.7 Å². The Hall–Kier alpha value is -2.87. The number of esters is 1. The molecule has 0 amide bonds. The predicted molar refractivity (Wildman–Crippen MR) is 122 cm³/mol. The molecule has 0 bridgehead atoms. The fourth-order valence-electron chi connectivity index (χ4n) is 3.60. The van der Waals surface area contributed by atoms with Crippen LogP contribution in [0.1, 0.15) is 57.9 Å². The average molecular weight is 441 g/mol. The molecule has 0 atom stereocenters. The molecule has 2 aromatic heterocycles. The van der Waals surface area contributed by atoms with Gasteiger partial charge in [0, 0.05) is 23.4 Å². The number of ether oxygens (including phenoxy) is 1. The number of aryl methyl sites for hydroxylation is 2. The summed E-state index contributed by atoms with van der Waals surface area (Å²) in [5.41, 5.74) is 4.33. The fraction of sp³-hybridized carbons (Fsp3) is 0.391. The zero-order chi connectivity index (χ0) is 22.5. The molecule has 2 heterocycles. The third kappa shape index (κ3) is 4.90. The highest BCUT2D eigenvalue weighted by molar-refractivity contribution is 7.99. The number of hydrogen-bond acceptors (Lipinski definition) is 6. The van der Waals surface area contributed by atoms with Crippen LogP contribution in [0.2, 0.25) is 0 Å². The fourth-order valence-corrected chi connectivity index (χ4v) is 4.43. The summed E-state index contributed by atoms with van der Waals surface area (Å²) < 4.78 is 7.14. The van der Waals surface area contributed by atoms with Gasteiger partial charge in [-0.1, -0.05) is 42.4 Å². The number of nitrogens with one attached hydrogen (secondary N) is 1. The molecule has 7 nitrogen and oxygen atoms in total. The van der Waals surface area contributed by atoms with Crippen molar-refractivity contribution < 1.29 is 14.3 Å². The van der Waals surface area contributed by atoms with Crippen LogP contribution in [0.15, 0.2) is 29.4 Å². The molecule has 3 rings (SSSR count). The highest BCUT2D eigenvalue weighted by Crippen LogP contribution is 2.27. The van der Waals surface area contributed by atoms with Crippen LogP contribution in [0.4, 0.5) is 0 Å². The third-order valence-electron chi connectivity index (χ3n) is 4.97. The number of aromatic nitrogens is 4. The third-order valence-corrected chi connectivity index (χ3v) is 5.94. The summed E-state index contributed by atoms with van der Waals surface area (Å²) in [6.45, 7) is 10.5. The van der Waals surface area contributed by atoms with E-state index in [0.29, 0.717) is 27.7 Å². The first-order chi connectivity index (χ1) is 14.9. The lowest BCUT2D eigenvalue weighted by molar-refractivity contribution is 0.0519. The Morgan fingerprint density at radius 1 is 1.16 bits per heavy atom. The van der Waals surface area contributed by atoms with Crippen LogP contribution in [0.25, 0.3) is 11.4 Å². The molecule has 8 heteroatoms. The summed E-state index contributed by atoms with van der Waals surface area (Å²) in [7, 11) is 0. The molecule has 0 aliphatic rings. The molecule has 1 aromatic carbocycles. The van der Waals surface area contributed by atoms with Gasteiger partial charge in [0.25, 0.3) is 0 Å². The van der Waals surface area contributed by atoms with Crippen LogP contribution in [0.3, 0.4) is 0 Å². The van der Waals surface area contributed by atoms with Gasteiger partial charge in [-0.05, 0) is 45.7 Å². The monoisotopic (exact) mass is 440 g/mol. The minimum atomic E-state index is -0.444. The molecule has 0 unspecified atom stereocenters. The second kappa shape index (κ2) is 9.96. The maximum Gasteiger partial charge on any atom is 0.355 e. The SMILES string of the molecule is CCCn1c(SCC(=O)c2c(C)[nH]c(C(=O)OCC)c2C)nnc1-c1cccc(C)c1. The minimum absolute atomic E-state index is 0.0602. The summed E-state index contributed by atoms with van der Waals surface area (Å²) in [4.78, 5) is 28.1. The topological polar surface area (TPSA) is 89.9 Å². The van der Waals surface area contributed by atoms with Gasteiger partial charge in [-0.15, -0.1) is 10.2 Å². The highest BCUT2D eigenvalue weighted by atomic mass is 32.2. The van der Waals surface area contributed by atoms with Crippen LogP contribution in [-0.2, 0) is 11.3 Å². The molecule has 0 spiro atoms. The van der Waals surface area contributed by atoms with Gasteiger partial charge in [0.2, 0.25) is 0 Å². The van der Waals surface area contributed by atoms with Crippen LogP contribution in [-0.4, -0.2) is 43.9 Å². The smallest absolute Gasteiger partial charge is 0.355 e. The Labute approximate surface area is 186 Å². The molecule has 0 saturated heterocycles. The second-order valence-electron chi connectivity index (χ2n) is 7.38. The van der Waals surface area contributed by atoms with E-state index in [0.717, 1.165) is 29.9 Å². The molecule has 0 aliphatic heterocycles. The number of rotatable bonds is 9. The molecule has 164 valence electrons. The Morgan fingerprint density at radius 2 is 1.94 bits per heavy atom. The molecular formula is C23H28N4O3S. The van der Waals surface area contributed by atoms with Gasteiger partial charge in [-0.3, -0.25) is 4.79 Å². The number of benzene rings is 1. The average Bonchev–Trinajstić information content (AvgIpc) is 3.27. The van der Waals surface area contributed by atoms with Crippen molar-refractivity contribution in [1.29, 1.82) is 0 Å².